The maximum Gasteiger partial charge on any atom is 0.217 e. The Labute approximate surface area is 79.1 Å². The lowest BCUT2D eigenvalue weighted by Crippen LogP contribution is -2.18. The minimum Gasteiger partial charge on any atom is -0.465 e. The SMILES string of the molecule is CC.CC(=O)NCc1ccc(C)o1. The molecule has 0 saturated carbocycles. The van der Waals surface area contributed by atoms with Crippen molar-refractivity contribution in [3.05, 3.63) is 23.7 Å². The van der Waals surface area contributed by atoms with Gasteiger partial charge < -0.3 is 9.73 Å². The Kier molecular flexibility index (Phi) is 5.68. The number of nitrogens with one attached hydrogen (secondary N) is 1. The molecule has 13 heavy (non-hydrogen) atoms. The fraction of sp³-hybridized carbons (Fsp3) is 0.500. The van der Waals surface area contributed by atoms with Gasteiger partial charge in [0.25, 0.3) is 0 Å². The first-order valence-corrected chi connectivity index (χ1v) is 4.48. The van der Waals surface area contributed by atoms with Crippen LogP contribution in [-0.4, -0.2) is 5.91 Å². The Balaban J connectivity index is 0.000000671. The van der Waals surface area contributed by atoms with Gasteiger partial charge in [0.1, 0.15) is 11.5 Å². The standard InChI is InChI=1S/C8H11NO2.C2H6/c1-6-3-4-8(11-6)5-9-7(2)10;1-2/h3-4H,5H2,1-2H3,(H,9,10);1-2H3. The van der Waals surface area contributed by atoms with Crippen LogP contribution in [0.4, 0.5) is 0 Å². The molecule has 74 valence electrons. The molecule has 0 atom stereocenters. The molecule has 0 radical (unpaired) electrons. The van der Waals surface area contributed by atoms with Crippen LogP contribution in [0.5, 0.6) is 0 Å². The van der Waals surface area contributed by atoms with Crippen molar-refractivity contribution < 1.29 is 9.21 Å². The van der Waals surface area contributed by atoms with Crippen LogP contribution in [0.25, 0.3) is 0 Å². The van der Waals surface area contributed by atoms with Crippen LogP contribution in [0.15, 0.2) is 16.5 Å². The van der Waals surface area contributed by atoms with Crippen molar-refractivity contribution >= 4 is 5.91 Å². The largest absolute Gasteiger partial charge is 0.465 e. The minimum atomic E-state index is -0.0425. The van der Waals surface area contributed by atoms with Crippen molar-refractivity contribution in [1.29, 1.82) is 0 Å². The molecule has 0 fully saturated rings. The molecule has 3 nitrogen and oxygen atoms in total. The third-order valence-electron chi connectivity index (χ3n) is 1.31. The summed E-state index contributed by atoms with van der Waals surface area (Å²) >= 11 is 0. The lowest BCUT2D eigenvalue weighted by atomic mass is 10.4. The molecule has 0 aliphatic rings. The van der Waals surface area contributed by atoms with E-state index < -0.39 is 0 Å². The van der Waals surface area contributed by atoms with Gasteiger partial charge in [0.2, 0.25) is 5.91 Å². The Morgan fingerprint density at radius 2 is 2.08 bits per heavy atom. The van der Waals surface area contributed by atoms with Crippen molar-refractivity contribution in [3.63, 3.8) is 0 Å². The van der Waals surface area contributed by atoms with Gasteiger partial charge in [-0.1, -0.05) is 13.8 Å². The van der Waals surface area contributed by atoms with Crippen molar-refractivity contribution in [1.82, 2.24) is 5.32 Å². The van der Waals surface area contributed by atoms with Gasteiger partial charge in [0.15, 0.2) is 0 Å². The Bertz CT molecular complexity index is 253. The maximum absolute atomic E-state index is 10.5. The average Bonchev–Trinajstić information content (AvgIpc) is 2.52. The number of carbonyl (C=O) groups is 1. The van der Waals surface area contributed by atoms with Crippen LogP contribution < -0.4 is 5.32 Å². The summed E-state index contributed by atoms with van der Waals surface area (Å²) in [6, 6.07) is 3.72. The molecule has 0 saturated heterocycles. The second-order valence-corrected chi connectivity index (χ2v) is 2.42. The fourth-order valence-corrected chi connectivity index (χ4v) is 0.792. The van der Waals surface area contributed by atoms with Gasteiger partial charge in [-0.15, -0.1) is 0 Å². The topological polar surface area (TPSA) is 42.2 Å². The Morgan fingerprint density at radius 1 is 1.46 bits per heavy atom. The number of furan rings is 1. The molecular formula is C10H17NO2. The van der Waals surface area contributed by atoms with E-state index in [0.717, 1.165) is 11.5 Å². The third-order valence-corrected chi connectivity index (χ3v) is 1.31. The zero-order valence-corrected chi connectivity index (χ0v) is 8.68. The van der Waals surface area contributed by atoms with E-state index in [2.05, 4.69) is 5.32 Å². The smallest absolute Gasteiger partial charge is 0.217 e. The summed E-state index contributed by atoms with van der Waals surface area (Å²) in [7, 11) is 0. The first kappa shape index (κ1) is 11.8. The highest BCUT2D eigenvalue weighted by molar-refractivity contribution is 5.72. The van der Waals surface area contributed by atoms with Crippen molar-refractivity contribution in [2.24, 2.45) is 0 Å². The molecule has 3 heteroatoms. The second-order valence-electron chi connectivity index (χ2n) is 2.42. The molecule has 0 aromatic carbocycles. The van der Waals surface area contributed by atoms with Crippen LogP contribution in [0.1, 0.15) is 32.3 Å². The van der Waals surface area contributed by atoms with E-state index in [9.17, 15) is 4.79 Å². The van der Waals surface area contributed by atoms with Crippen molar-refractivity contribution in [3.8, 4) is 0 Å². The minimum absolute atomic E-state index is 0.0425. The fourth-order valence-electron chi connectivity index (χ4n) is 0.792. The van der Waals surface area contributed by atoms with Crippen molar-refractivity contribution in [2.75, 3.05) is 0 Å². The highest BCUT2D eigenvalue weighted by atomic mass is 16.3. The number of carbonyl (C=O) groups excluding carboxylic acids is 1. The summed E-state index contributed by atoms with van der Waals surface area (Å²) < 4.78 is 5.22. The zero-order valence-electron chi connectivity index (χ0n) is 8.68. The highest BCUT2D eigenvalue weighted by Crippen LogP contribution is 2.04. The summed E-state index contributed by atoms with van der Waals surface area (Å²) in [5.41, 5.74) is 0. The third kappa shape index (κ3) is 5.06. The molecule has 1 aromatic rings. The number of amides is 1. The first-order chi connectivity index (χ1) is 6.18. The Hall–Kier alpha value is -1.25. The van der Waals surface area contributed by atoms with E-state index in [1.807, 2.05) is 32.9 Å². The summed E-state index contributed by atoms with van der Waals surface area (Å²) in [5.74, 6) is 1.61. The second kappa shape index (κ2) is 6.29. The molecule has 0 unspecified atom stereocenters. The molecule has 0 spiro atoms. The van der Waals surface area contributed by atoms with Crippen LogP contribution in [-0.2, 0) is 11.3 Å². The molecular weight excluding hydrogens is 166 g/mol. The van der Waals surface area contributed by atoms with Gasteiger partial charge in [-0.05, 0) is 19.1 Å². The van der Waals surface area contributed by atoms with Crippen LogP contribution in [0.3, 0.4) is 0 Å². The predicted molar refractivity (Wildman–Crippen MR) is 52.3 cm³/mol. The van der Waals surface area contributed by atoms with Crippen LogP contribution in [0, 0.1) is 6.92 Å². The van der Waals surface area contributed by atoms with Gasteiger partial charge in [-0.3, -0.25) is 4.79 Å². The van der Waals surface area contributed by atoms with Gasteiger partial charge in [-0.25, -0.2) is 0 Å². The van der Waals surface area contributed by atoms with Crippen molar-refractivity contribution in [2.45, 2.75) is 34.2 Å². The molecule has 1 amide bonds. The summed E-state index contributed by atoms with van der Waals surface area (Å²) in [6.45, 7) is 7.83. The zero-order chi connectivity index (χ0) is 10.3. The molecule has 0 aliphatic heterocycles. The number of hydrogen-bond acceptors (Lipinski definition) is 2. The van der Waals surface area contributed by atoms with E-state index in [-0.39, 0.29) is 5.91 Å². The van der Waals surface area contributed by atoms with Gasteiger partial charge in [0, 0.05) is 6.92 Å². The maximum atomic E-state index is 10.5. The monoisotopic (exact) mass is 183 g/mol. The Morgan fingerprint density at radius 3 is 2.46 bits per heavy atom. The van der Waals surface area contributed by atoms with E-state index in [0.29, 0.717) is 6.54 Å². The first-order valence-electron chi connectivity index (χ1n) is 4.48. The molecule has 1 N–H and O–H groups in total. The van der Waals surface area contributed by atoms with Gasteiger partial charge in [0.05, 0.1) is 6.54 Å². The van der Waals surface area contributed by atoms with E-state index in [1.54, 1.807) is 0 Å². The predicted octanol–water partition coefficient (Wildman–Crippen LogP) is 2.25. The van der Waals surface area contributed by atoms with Crippen LogP contribution >= 0.6 is 0 Å². The number of aryl methyl sites for hydroxylation is 1. The normalized spacial score (nSPS) is 8.62. The van der Waals surface area contributed by atoms with E-state index >= 15 is 0 Å². The lowest BCUT2D eigenvalue weighted by Gasteiger charge is -1.96. The highest BCUT2D eigenvalue weighted by Gasteiger charge is 1.97. The number of hydrogen-bond donors (Lipinski definition) is 1. The van der Waals surface area contributed by atoms with Crippen LogP contribution in [0.2, 0.25) is 0 Å². The molecule has 0 bridgehead atoms. The van der Waals surface area contributed by atoms with E-state index in [4.69, 9.17) is 4.42 Å². The molecule has 1 heterocycles. The van der Waals surface area contributed by atoms with Gasteiger partial charge >= 0.3 is 0 Å². The lowest BCUT2D eigenvalue weighted by molar-refractivity contribution is -0.119. The quantitative estimate of drug-likeness (QED) is 0.764. The summed E-state index contributed by atoms with van der Waals surface area (Å²) in [4.78, 5) is 10.5. The molecule has 1 rings (SSSR count). The summed E-state index contributed by atoms with van der Waals surface area (Å²) in [5, 5.41) is 2.64. The van der Waals surface area contributed by atoms with Gasteiger partial charge in [-0.2, -0.15) is 0 Å². The average molecular weight is 183 g/mol. The summed E-state index contributed by atoms with van der Waals surface area (Å²) in [6.07, 6.45) is 0. The molecule has 0 aliphatic carbocycles. The number of rotatable bonds is 2. The molecule has 1 aromatic heterocycles. The van der Waals surface area contributed by atoms with E-state index in [1.165, 1.54) is 6.92 Å².